The minimum atomic E-state index is -0.242. The summed E-state index contributed by atoms with van der Waals surface area (Å²) in [6.45, 7) is 2.97. The van der Waals surface area contributed by atoms with Crippen LogP contribution in [0.3, 0.4) is 0 Å². The highest BCUT2D eigenvalue weighted by Gasteiger charge is 2.22. The molecule has 0 aliphatic heterocycles. The molecule has 2 aromatic heterocycles. The van der Waals surface area contributed by atoms with Crippen molar-refractivity contribution in [3.63, 3.8) is 0 Å². The van der Waals surface area contributed by atoms with Gasteiger partial charge < -0.3 is 4.90 Å². The van der Waals surface area contributed by atoms with E-state index >= 15 is 0 Å². The van der Waals surface area contributed by atoms with E-state index in [0.717, 1.165) is 8.66 Å². The quantitative estimate of drug-likeness (QED) is 0.420. The predicted octanol–water partition coefficient (Wildman–Crippen LogP) is 4.87. The van der Waals surface area contributed by atoms with Crippen molar-refractivity contribution < 1.29 is 4.79 Å². The van der Waals surface area contributed by atoms with E-state index in [4.69, 9.17) is 0 Å². The molecule has 146 valence electrons. The molecule has 0 N–H and O–H groups in total. The zero-order chi connectivity index (χ0) is 20.4. The molecule has 0 spiro atoms. The molecular weight excluding hydrogens is 450 g/mol. The standard InChI is InChI=1S/C22H18BrN3O2S/c1-2-25(14-16-12-13-19(23)29-16)22(28)20-17-10-6-7-11-18(17)21(27)26(24-20)15-8-4-3-5-9-15/h3-13H,2,14H2,1H3. The third-order valence-corrected chi connectivity index (χ3v) is 6.26. The molecule has 1 amide bonds. The fraction of sp³-hybridized carbons (Fsp3) is 0.136. The van der Waals surface area contributed by atoms with Gasteiger partial charge in [0.15, 0.2) is 5.69 Å². The molecule has 2 aromatic carbocycles. The maximum Gasteiger partial charge on any atom is 0.279 e. The van der Waals surface area contributed by atoms with Gasteiger partial charge in [0.2, 0.25) is 0 Å². The normalized spacial score (nSPS) is 11.0. The van der Waals surface area contributed by atoms with Gasteiger partial charge >= 0.3 is 0 Å². The number of amides is 1. The van der Waals surface area contributed by atoms with Crippen molar-refractivity contribution >= 4 is 43.9 Å². The first kappa shape index (κ1) is 19.5. The van der Waals surface area contributed by atoms with E-state index in [1.807, 2.05) is 43.3 Å². The van der Waals surface area contributed by atoms with Crippen molar-refractivity contribution in [1.82, 2.24) is 14.7 Å². The molecule has 0 atom stereocenters. The number of nitrogens with zero attached hydrogens (tertiary/aromatic N) is 3. The second kappa shape index (κ2) is 8.31. The Morgan fingerprint density at radius 2 is 1.72 bits per heavy atom. The monoisotopic (exact) mass is 467 g/mol. The summed E-state index contributed by atoms with van der Waals surface area (Å²) in [6, 6.07) is 20.3. The number of hydrogen-bond acceptors (Lipinski definition) is 4. The van der Waals surface area contributed by atoms with Crippen molar-refractivity contribution in [1.29, 1.82) is 0 Å². The van der Waals surface area contributed by atoms with Gasteiger partial charge in [0.25, 0.3) is 11.5 Å². The molecule has 0 aliphatic rings. The van der Waals surface area contributed by atoms with Gasteiger partial charge in [-0.25, -0.2) is 0 Å². The van der Waals surface area contributed by atoms with E-state index in [1.54, 1.807) is 46.6 Å². The largest absolute Gasteiger partial charge is 0.332 e. The fourth-order valence-corrected chi connectivity index (χ4v) is 4.69. The fourth-order valence-electron chi connectivity index (χ4n) is 3.19. The lowest BCUT2D eigenvalue weighted by molar-refractivity contribution is 0.0748. The van der Waals surface area contributed by atoms with E-state index < -0.39 is 0 Å². The smallest absolute Gasteiger partial charge is 0.279 e. The Kier molecular flexibility index (Phi) is 5.60. The van der Waals surface area contributed by atoms with E-state index in [-0.39, 0.29) is 17.2 Å². The number of thiophene rings is 1. The van der Waals surface area contributed by atoms with Gasteiger partial charge in [-0.1, -0.05) is 36.4 Å². The number of para-hydroxylation sites is 1. The highest BCUT2D eigenvalue weighted by Crippen LogP contribution is 2.24. The Morgan fingerprint density at radius 3 is 2.38 bits per heavy atom. The number of aromatic nitrogens is 2. The average Bonchev–Trinajstić information content (AvgIpc) is 3.17. The summed E-state index contributed by atoms with van der Waals surface area (Å²) in [6.07, 6.45) is 0. The van der Waals surface area contributed by atoms with Crippen LogP contribution in [0, 0.1) is 0 Å². The molecule has 29 heavy (non-hydrogen) atoms. The van der Waals surface area contributed by atoms with Crippen LogP contribution in [0.4, 0.5) is 0 Å². The lowest BCUT2D eigenvalue weighted by atomic mass is 10.1. The van der Waals surface area contributed by atoms with Crippen LogP contribution < -0.4 is 5.56 Å². The van der Waals surface area contributed by atoms with E-state index in [2.05, 4.69) is 21.0 Å². The van der Waals surface area contributed by atoms with Gasteiger partial charge in [-0.15, -0.1) is 11.3 Å². The van der Waals surface area contributed by atoms with Crippen LogP contribution in [-0.4, -0.2) is 27.1 Å². The maximum atomic E-state index is 13.4. The molecule has 0 saturated heterocycles. The van der Waals surface area contributed by atoms with Crippen LogP contribution in [-0.2, 0) is 6.54 Å². The van der Waals surface area contributed by atoms with Gasteiger partial charge in [-0.2, -0.15) is 9.78 Å². The molecule has 7 heteroatoms. The molecule has 4 aromatic rings. The van der Waals surface area contributed by atoms with Gasteiger partial charge in [0.05, 0.1) is 21.4 Å². The first-order chi connectivity index (χ1) is 14.1. The highest BCUT2D eigenvalue weighted by atomic mass is 79.9. The SMILES string of the molecule is CCN(Cc1ccc(Br)s1)C(=O)c1nn(-c2ccccc2)c(=O)c2ccccc12. The molecule has 0 unspecified atom stereocenters. The lowest BCUT2D eigenvalue weighted by Crippen LogP contribution is -2.33. The van der Waals surface area contributed by atoms with Gasteiger partial charge in [-0.05, 0) is 53.2 Å². The molecule has 0 aliphatic carbocycles. The number of fused-ring (bicyclic) bond motifs is 1. The minimum absolute atomic E-state index is 0.196. The Morgan fingerprint density at radius 1 is 1.03 bits per heavy atom. The zero-order valence-corrected chi connectivity index (χ0v) is 18.1. The molecule has 2 heterocycles. The number of benzene rings is 2. The molecule has 0 bridgehead atoms. The van der Waals surface area contributed by atoms with Crippen LogP contribution in [0.5, 0.6) is 0 Å². The zero-order valence-electron chi connectivity index (χ0n) is 15.7. The molecule has 0 radical (unpaired) electrons. The summed E-state index contributed by atoms with van der Waals surface area (Å²) in [4.78, 5) is 29.3. The Bertz CT molecular complexity index is 1230. The summed E-state index contributed by atoms with van der Waals surface area (Å²) in [5.74, 6) is -0.196. The summed E-state index contributed by atoms with van der Waals surface area (Å²) >= 11 is 5.06. The summed E-state index contributed by atoms with van der Waals surface area (Å²) in [5.41, 5.74) is 0.664. The summed E-state index contributed by atoms with van der Waals surface area (Å²) < 4.78 is 2.34. The molecule has 0 fully saturated rings. The average molecular weight is 468 g/mol. The van der Waals surface area contributed by atoms with E-state index in [0.29, 0.717) is 29.5 Å². The molecule has 5 nitrogen and oxygen atoms in total. The third-order valence-electron chi connectivity index (χ3n) is 4.65. The Balaban J connectivity index is 1.84. The highest BCUT2D eigenvalue weighted by molar-refractivity contribution is 9.11. The number of rotatable bonds is 5. The van der Waals surface area contributed by atoms with Crippen LogP contribution >= 0.6 is 27.3 Å². The van der Waals surface area contributed by atoms with Crippen LogP contribution in [0.15, 0.2) is 75.3 Å². The van der Waals surface area contributed by atoms with Gasteiger partial charge in [-0.3, -0.25) is 9.59 Å². The predicted molar refractivity (Wildman–Crippen MR) is 120 cm³/mol. The molecular formula is C22H18BrN3O2S. The topological polar surface area (TPSA) is 55.2 Å². The first-order valence-electron chi connectivity index (χ1n) is 9.19. The van der Waals surface area contributed by atoms with Crippen LogP contribution in [0.1, 0.15) is 22.3 Å². The molecule has 4 rings (SSSR count). The first-order valence-corrected chi connectivity index (χ1v) is 10.8. The van der Waals surface area contributed by atoms with E-state index in [9.17, 15) is 9.59 Å². The summed E-state index contributed by atoms with van der Waals surface area (Å²) in [5, 5.41) is 5.54. The Labute approximate surface area is 180 Å². The van der Waals surface area contributed by atoms with Crippen molar-refractivity contribution in [2.45, 2.75) is 13.5 Å². The number of carbonyl (C=O) groups excluding carboxylic acids is 1. The third kappa shape index (κ3) is 3.88. The van der Waals surface area contributed by atoms with Crippen molar-refractivity contribution in [3.8, 4) is 5.69 Å². The van der Waals surface area contributed by atoms with Crippen molar-refractivity contribution in [2.75, 3.05) is 6.54 Å². The summed E-state index contributed by atoms with van der Waals surface area (Å²) in [7, 11) is 0. The number of hydrogen-bond donors (Lipinski definition) is 0. The Hall–Kier alpha value is -2.77. The van der Waals surface area contributed by atoms with Crippen molar-refractivity contribution in [3.05, 3.63) is 91.4 Å². The van der Waals surface area contributed by atoms with Crippen molar-refractivity contribution in [2.24, 2.45) is 0 Å². The van der Waals surface area contributed by atoms with Crippen LogP contribution in [0.2, 0.25) is 0 Å². The second-order valence-electron chi connectivity index (χ2n) is 6.47. The number of halogens is 1. The maximum absolute atomic E-state index is 13.4. The minimum Gasteiger partial charge on any atom is -0.332 e. The van der Waals surface area contributed by atoms with Gasteiger partial charge in [0.1, 0.15) is 0 Å². The van der Waals surface area contributed by atoms with Crippen LogP contribution in [0.25, 0.3) is 16.5 Å². The second-order valence-corrected chi connectivity index (χ2v) is 9.02. The van der Waals surface area contributed by atoms with Gasteiger partial charge in [0, 0.05) is 16.8 Å². The molecule has 0 saturated carbocycles. The lowest BCUT2D eigenvalue weighted by Gasteiger charge is -2.21. The number of carbonyl (C=O) groups is 1. The van der Waals surface area contributed by atoms with E-state index in [1.165, 1.54) is 4.68 Å².